The highest BCUT2D eigenvalue weighted by Gasteiger charge is 2.45. The summed E-state index contributed by atoms with van der Waals surface area (Å²) in [5, 5.41) is 3.26. The van der Waals surface area contributed by atoms with Crippen LogP contribution in [-0.2, 0) is 16.4 Å². The van der Waals surface area contributed by atoms with Gasteiger partial charge in [0, 0.05) is 22.9 Å². The van der Waals surface area contributed by atoms with Gasteiger partial charge in [0.25, 0.3) is 0 Å². The Balaban J connectivity index is 1.36. The minimum Gasteiger partial charge on any atom is -0.492 e. The second-order valence-corrected chi connectivity index (χ2v) is 9.87. The molecule has 1 amide bonds. The first-order valence-corrected chi connectivity index (χ1v) is 11.3. The third-order valence-corrected chi connectivity index (χ3v) is 7.85. The molecule has 0 bridgehead atoms. The van der Waals surface area contributed by atoms with Crippen LogP contribution < -0.4 is 10.1 Å². The Labute approximate surface area is 176 Å². The average Bonchev–Trinajstić information content (AvgIpc) is 3.07. The largest absolute Gasteiger partial charge is 0.492 e. The number of benzene rings is 1. The van der Waals surface area contributed by atoms with E-state index in [2.05, 4.69) is 12.2 Å². The lowest BCUT2D eigenvalue weighted by Crippen LogP contribution is -2.43. The van der Waals surface area contributed by atoms with Crippen LogP contribution in [0.3, 0.4) is 0 Å². The second kappa shape index (κ2) is 8.08. The Morgan fingerprint density at radius 2 is 1.80 bits per heavy atom. The van der Waals surface area contributed by atoms with Gasteiger partial charge in [0.2, 0.25) is 5.91 Å². The molecule has 6 heteroatoms. The number of fused-ring (bicyclic) bond motifs is 2. The predicted octanol–water partition coefficient (Wildman–Crippen LogP) is 5.86. The Bertz CT molecular complexity index is 775. The van der Waals surface area contributed by atoms with Gasteiger partial charge in [-0.2, -0.15) is 13.2 Å². The van der Waals surface area contributed by atoms with Crippen LogP contribution in [0.2, 0.25) is 0 Å². The van der Waals surface area contributed by atoms with Gasteiger partial charge in [-0.1, -0.05) is 19.9 Å². The zero-order chi connectivity index (χ0) is 21.5. The summed E-state index contributed by atoms with van der Waals surface area (Å²) < 4.78 is 44.7. The van der Waals surface area contributed by atoms with Gasteiger partial charge < -0.3 is 10.1 Å². The van der Waals surface area contributed by atoms with Crippen LogP contribution in [0.5, 0.6) is 5.75 Å². The van der Waals surface area contributed by atoms with E-state index < -0.39 is 11.7 Å². The molecule has 0 saturated heterocycles. The number of hydrogen-bond donors (Lipinski definition) is 1. The normalized spacial score (nSPS) is 32.4. The number of amides is 1. The van der Waals surface area contributed by atoms with Crippen molar-refractivity contribution in [3.05, 3.63) is 29.3 Å². The van der Waals surface area contributed by atoms with Crippen LogP contribution in [0, 0.1) is 17.8 Å². The molecule has 4 rings (SSSR count). The number of carbonyl (C=O) groups excluding carboxylic acids is 1. The molecule has 166 valence electrons. The van der Waals surface area contributed by atoms with E-state index in [0.717, 1.165) is 56.1 Å². The maximum Gasteiger partial charge on any atom is 0.416 e. The van der Waals surface area contributed by atoms with E-state index in [0.29, 0.717) is 24.3 Å². The van der Waals surface area contributed by atoms with E-state index in [1.807, 2.05) is 6.92 Å². The molecule has 0 radical (unpaired) electrons. The molecule has 3 aliphatic rings. The van der Waals surface area contributed by atoms with Crippen molar-refractivity contribution in [1.82, 2.24) is 5.32 Å². The molecular weight excluding hydrogens is 391 g/mol. The van der Waals surface area contributed by atoms with Gasteiger partial charge in [0.15, 0.2) is 0 Å². The van der Waals surface area contributed by atoms with Crippen molar-refractivity contribution >= 4 is 5.91 Å². The lowest BCUT2D eigenvalue weighted by atomic mass is 9.65. The molecule has 2 saturated carbocycles. The molecule has 1 heterocycles. The molecule has 1 N–H and O–H groups in total. The first-order chi connectivity index (χ1) is 14.2. The molecule has 1 spiro atoms. The van der Waals surface area contributed by atoms with Crippen LogP contribution in [0.15, 0.2) is 18.2 Å². The van der Waals surface area contributed by atoms with Crippen LogP contribution in [0.1, 0.15) is 76.3 Å². The number of nitrogens with one attached hydrogen (secondary N) is 1. The summed E-state index contributed by atoms with van der Waals surface area (Å²) in [6.07, 6.45) is 3.67. The van der Waals surface area contributed by atoms with Crippen molar-refractivity contribution in [3.63, 3.8) is 0 Å². The molecule has 2 aliphatic carbocycles. The van der Waals surface area contributed by atoms with E-state index in [1.54, 1.807) is 6.07 Å². The highest BCUT2D eigenvalue weighted by Crippen LogP contribution is 2.51. The first kappa shape index (κ1) is 21.5. The molecular formula is C24H32F3NO2. The third-order valence-electron chi connectivity index (χ3n) is 7.85. The Hall–Kier alpha value is -1.72. The molecule has 1 atom stereocenters. The maximum absolute atomic E-state index is 13.0. The smallest absolute Gasteiger partial charge is 0.416 e. The minimum absolute atomic E-state index is 0.0314. The number of rotatable bonds is 3. The maximum atomic E-state index is 13.0. The average molecular weight is 424 g/mol. The summed E-state index contributed by atoms with van der Waals surface area (Å²) >= 11 is 0. The predicted molar refractivity (Wildman–Crippen MR) is 109 cm³/mol. The van der Waals surface area contributed by atoms with E-state index in [4.69, 9.17) is 4.74 Å². The van der Waals surface area contributed by atoms with Gasteiger partial charge in [-0.25, -0.2) is 0 Å². The topological polar surface area (TPSA) is 38.3 Å². The zero-order valence-electron chi connectivity index (χ0n) is 17.9. The van der Waals surface area contributed by atoms with Crippen molar-refractivity contribution in [2.75, 3.05) is 6.61 Å². The highest BCUT2D eigenvalue weighted by atomic mass is 19.4. The molecule has 0 aromatic heterocycles. The molecule has 1 aliphatic heterocycles. The summed E-state index contributed by atoms with van der Waals surface area (Å²) in [7, 11) is 0. The van der Waals surface area contributed by atoms with Gasteiger partial charge in [-0.05, 0) is 75.3 Å². The number of alkyl halides is 3. The van der Waals surface area contributed by atoms with Crippen LogP contribution in [0.25, 0.3) is 0 Å². The zero-order valence-corrected chi connectivity index (χ0v) is 17.9. The molecule has 0 unspecified atom stereocenters. The summed E-state index contributed by atoms with van der Waals surface area (Å²) in [5.41, 5.74) is 0.0443. The van der Waals surface area contributed by atoms with Gasteiger partial charge in [0.1, 0.15) is 5.75 Å². The molecule has 3 nitrogen and oxygen atoms in total. The standard InChI is InChI=1S/C24H32F3NO2/c1-15-3-6-19(7-4-15)28-22(29)16(2)17-9-11-23(12-10-17)14-30-21-13-18(24(25,26)27)5-8-20(21)23/h5,8,13,15-17,19H,3-4,6-7,9-12,14H2,1-2H3,(H,28,29)/t15-,16-,17-,19-,23+/m1/s1. The highest BCUT2D eigenvalue weighted by molar-refractivity contribution is 5.79. The van der Waals surface area contributed by atoms with Crippen molar-refractivity contribution in [3.8, 4) is 5.75 Å². The number of carbonyl (C=O) groups is 1. The Kier molecular flexibility index (Phi) is 5.80. The van der Waals surface area contributed by atoms with Gasteiger partial charge in [0.05, 0.1) is 12.2 Å². The van der Waals surface area contributed by atoms with E-state index in [-0.39, 0.29) is 17.2 Å². The van der Waals surface area contributed by atoms with E-state index >= 15 is 0 Å². The SMILES string of the molecule is C[C@@H](C(=O)N[C@H]1CC[C@H](C)CC1)[C@H]1CC[C@@]2(CC1)COc1cc(C(F)(F)F)ccc12. The fraction of sp³-hybridized carbons (Fsp3) is 0.708. The fourth-order valence-corrected chi connectivity index (χ4v) is 5.61. The van der Waals surface area contributed by atoms with Crippen LogP contribution >= 0.6 is 0 Å². The number of hydrogen-bond acceptors (Lipinski definition) is 2. The molecule has 2 fully saturated rings. The molecule has 1 aromatic carbocycles. The van der Waals surface area contributed by atoms with Crippen molar-refractivity contribution in [1.29, 1.82) is 0 Å². The van der Waals surface area contributed by atoms with Gasteiger partial charge >= 0.3 is 6.18 Å². The summed E-state index contributed by atoms with van der Waals surface area (Å²) in [6.45, 7) is 4.74. The summed E-state index contributed by atoms with van der Waals surface area (Å²) in [4.78, 5) is 12.8. The lowest BCUT2D eigenvalue weighted by molar-refractivity contribution is -0.137. The number of halogens is 3. The van der Waals surface area contributed by atoms with Gasteiger partial charge in [-0.15, -0.1) is 0 Å². The fourth-order valence-electron chi connectivity index (χ4n) is 5.61. The molecule has 30 heavy (non-hydrogen) atoms. The van der Waals surface area contributed by atoms with Crippen molar-refractivity contribution in [2.45, 2.75) is 82.8 Å². The van der Waals surface area contributed by atoms with Crippen LogP contribution in [0.4, 0.5) is 13.2 Å². The Morgan fingerprint density at radius 3 is 2.43 bits per heavy atom. The summed E-state index contributed by atoms with van der Waals surface area (Å²) in [6, 6.07) is 4.22. The van der Waals surface area contributed by atoms with Gasteiger partial charge in [-0.3, -0.25) is 4.79 Å². The van der Waals surface area contributed by atoms with Crippen molar-refractivity contribution in [2.24, 2.45) is 17.8 Å². The second-order valence-electron chi connectivity index (χ2n) is 9.87. The molecule has 1 aromatic rings. The lowest BCUT2D eigenvalue weighted by Gasteiger charge is -2.38. The first-order valence-electron chi connectivity index (χ1n) is 11.3. The quantitative estimate of drug-likeness (QED) is 0.662. The summed E-state index contributed by atoms with van der Waals surface area (Å²) in [5.74, 6) is 1.58. The minimum atomic E-state index is -4.36. The Morgan fingerprint density at radius 1 is 1.13 bits per heavy atom. The number of ether oxygens (including phenoxy) is 1. The van der Waals surface area contributed by atoms with E-state index in [1.165, 1.54) is 18.9 Å². The van der Waals surface area contributed by atoms with Crippen LogP contribution in [-0.4, -0.2) is 18.6 Å². The van der Waals surface area contributed by atoms with Crippen molar-refractivity contribution < 1.29 is 22.7 Å². The monoisotopic (exact) mass is 423 g/mol. The van der Waals surface area contributed by atoms with E-state index in [9.17, 15) is 18.0 Å². The third kappa shape index (κ3) is 4.19.